The fourth-order valence-electron chi connectivity index (χ4n) is 0. The highest BCUT2D eigenvalue weighted by molar-refractivity contribution is 5.27. The lowest BCUT2D eigenvalue weighted by molar-refractivity contribution is 1.23. The normalized spacial score (nSPS) is 6.44. The summed E-state index contributed by atoms with van der Waals surface area (Å²) in [6.45, 7) is 14.0. The van der Waals surface area contributed by atoms with Crippen molar-refractivity contribution in [3.05, 3.63) is 24.9 Å². The Morgan fingerprint density at radius 3 is 1.89 bits per heavy atom. The monoisotopic (exact) mass is 125 g/mol. The maximum absolute atomic E-state index is 3.48. The van der Waals surface area contributed by atoms with Crippen molar-refractivity contribution in [2.24, 2.45) is 4.99 Å². The van der Waals surface area contributed by atoms with Crippen LogP contribution in [0.15, 0.2) is 29.9 Å². The van der Waals surface area contributed by atoms with E-state index in [9.17, 15) is 0 Å². The van der Waals surface area contributed by atoms with Crippen LogP contribution in [-0.2, 0) is 0 Å². The summed E-state index contributed by atoms with van der Waals surface area (Å²) in [4.78, 5) is 3.44. The second kappa shape index (κ2) is 10.2. The number of allylic oxidation sites excluding steroid dienone is 2. The van der Waals surface area contributed by atoms with Gasteiger partial charge in [-0.1, -0.05) is 19.6 Å². The molecule has 0 aromatic carbocycles. The van der Waals surface area contributed by atoms with E-state index in [-0.39, 0.29) is 0 Å². The van der Waals surface area contributed by atoms with Gasteiger partial charge in [-0.25, -0.2) is 0 Å². The zero-order chi connectivity index (χ0) is 7.70. The highest BCUT2D eigenvalue weighted by Gasteiger charge is 1.59. The van der Waals surface area contributed by atoms with E-state index < -0.39 is 0 Å². The summed E-state index contributed by atoms with van der Waals surface area (Å²) in [7, 11) is 0. The van der Waals surface area contributed by atoms with Gasteiger partial charge in [0.25, 0.3) is 0 Å². The van der Waals surface area contributed by atoms with Crippen LogP contribution in [0.4, 0.5) is 0 Å². The van der Waals surface area contributed by atoms with E-state index >= 15 is 0 Å². The molecule has 0 aliphatic heterocycles. The van der Waals surface area contributed by atoms with Crippen LogP contribution in [0.25, 0.3) is 0 Å². The van der Waals surface area contributed by atoms with Gasteiger partial charge in [0.05, 0.1) is 0 Å². The molecule has 1 nitrogen and oxygen atoms in total. The molecular weight excluding hydrogens is 110 g/mol. The third-order valence-electron chi connectivity index (χ3n) is 0.559. The predicted octanol–water partition coefficient (Wildman–Crippen LogP) is 2.80. The van der Waals surface area contributed by atoms with Crippen molar-refractivity contribution in [1.82, 2.24) is 0 Å². The Labute approximate surface area is 57.8 Å². The molecule has 9 heavy (non-hydrogen) atoms. The van der Waals surface area contributed by atoms with Crippen LogP contribution in [0.3, 0.4) is 0 Å². The van der Waals surface area contributed by atoms with Gasteiger partial charge in [0.15, 0.2) is 0 Å². The number of rotatable bonds is 2. The maximum atomic E-state index is 3.48. The van der Waals surface area contributed by atoms with E-state index in [0.717, 1.165) is 12.1 Å². The molecule has 0 aliphatic carbocycles. The summed E-state index contributed by atoms with van der Waals surface area (Å²) < 4.78 is 0. The highest BCUT2D eigenvalue weighted by atomic mass is 14.7. The number of nitrogens with zero attached hydrogens (tertiary/aromatic N) is 1. The van der Waals surface area contributed by atoms with Gasteiger partial charge >= 0.3 is 0 Å². The second-order valence-corrected chi connectivity index (χ2v) is 1.59. The van der Waals surface area contributed by atoms with Gasteiger partial charge in [0.1, 0.15) is 0 Å². The third kappa shape index (κ3) is 41.0. The minimum atomic E-state index is 0.769. The first-order chi connectivity index (χ1) is 4.18. The maximum Gasteiger partial charge on any atom is 0.0293 e. The standard InChI is InChI=1S/C4H7N.C4H8/c1-4(2)5-3;1-3-4-2/h1,3H2,2H3;3H,1,4H2,2H3. The molecule has 0 fully saturated rings. The van der Waals surface area contributed by atoms with Gasteiger partial charge in [0, 0.05) is 5.70 Å². The van der Waals surface area contributed by atoms with E-state index in [1.807, 2.05) is 6.08 Å². The topological polar surface area (TPSA) is 12.4 Å². The molecule has 0 saturated carbocycles. The molecule has 0 rings (SSSR count). The van der Waals surface area contributed by atoms with E-state index in [0.29, 0.717) is 0 Å². The van der Waals surface area contributed by atoms with Crippen molar-refractivity contribution in [3.8, 4) is 0 Å². The lowest BCUT2D eigenvalue weighted by Gasteiger charge is -1.72. The Morgan fingerprint density at radius 2 is 1.89 bits per heavy atom. The zero-order valence-corrected chi connectivity index (χ0v) is 6.35. The second-order valence-electron chi connectivity index (χ2n) is 1.59. The molecule has 52 valence electrons. The Balaban J connectivity index is 0. The van der Waals surface area contributed by atoms with Crippen molar-refractivity contribution in [2.75, 3.05) is 0 Å². The molecule has 0 N–H and O–H groups in total. The van der Waals surface area contributed by atoms with Crippen LogP contribution < -0.4 is 0 Å². The molecule has 0 bridgehead atoms. The van der Waals surface area contributed by atoms with E-state index in [4.69, 9.17) is 0 Å². The quantitative estimate of drug-likeness (QED) is 0.397. The van der Waals surface area contributed by atoms with Crippen molar-refractivity contribution < 1.29 is 0 Å². The lowest BCUT2D eigenvalue weighted by atomic mass is 10.5. The molecule has 0 aromatic heterocycles. The first kappa shape index (κ1) is 11.0. The van der Waals surface area contributed by atoms with Gasteiger partial charge in [-0.2, -0.15) is 0 Å². The van der Waals surface area contributed by atoms with Crippen LogP contribution >= 0.6 is 0 Å². The number of hydrogen-bond acceptors (Lipinski definition) is 1. The molecule has 0 unspecified atom stereocenters. The molecular formula is C8H15N. The molecule has 0 aromatic rings. The fourth-order valence-corrected chi connectivity index (χ4v) is 0. The predicted molar refractivity (Wildman–Crippen MR) is 44.9 cm³/mol. The highest BCUT2D eigenvalue weighted by Crippen LogP contribution is 1.80. The van der Waals surface area contributed by atoms with E-state index in [1.54, 1.807) is 6.92 Å². The summed E-state index contributed by atoms with van der Waals surface area (Å²) in [5, 5.41) is 0. The summed E-state index contributed by atoms with van der Waals surface area (Å²) in [6, 6.07) is 0. The summed E-state index contributed by atoms with van der Waals surface area (Å²) in [6.07, 6.45) is 2.96. The number of hydrogen-bond donors (Lipinski definition) is 0. The molecule has 0 aliphatic rings. The first-order valence-corrected chi connectivity index (χ1v) is 2.92. The largest absolute Gasteiger partial charge is 0.270 e. The summed E-state index contributed by atoms with van der Waals surface area (Å²) in [5.41, 5.74) is 0.769. The molecule has 0 atom stereocenters. The molecule has 0 heterocycles. The van der Waals surface area contributed by atoms with Crippen molar-refractivity contribution in [1.29, 1.82) is 0 Å². The van der Waals surface area contributed by atoms with Crippen molar-refractivity contribution >= 4 is 6.72 Å². The molecule has 0 radical (unpaired) electrons. The summed E-state index contributed by atoms with van der Waals surface area (Å²) in [5.74, 6) is 0. The minimum absolute atomic E-state index is 0.769. The lowest BCUT2D eigenvalue weighted by Crippen LogP contribution is -1.52. The average Bonchev–Trinajstić information content (AvgIpc) is 1.89. The van der Waals surface area contributed by atoms with Gasteiger partial charge in [-0.15, -0.1) is 6.58 Å². The van der Waals surface area contributed by atoms with E-state index in [2.05, 4.69) is 31.8 Å². The first-order valence-electron chi connectivity index (χ1n) is 2.92. The Kier molecular flexibility index (Phi) is 12.5. The SMILES string of the molecule is C=CCC.C=NC(=C)C. The fraction of sp³-hybridized carbons (Fsp3) is 0.375. The van der Waals surface area contributed by atoms with Crippen LogP contribution in [0.1, 0.15) is 20.3 Å². The Hall–Kier alpha value is -0.850. The summed E-state index contributed by atoms with van der Waals surface area (Å²) >= 11 is 0. The van der Waals surface area contributed by atoms with Crippen LogP contribution in [0.5, 0.6) is 0 Å². The van der Waals surface area contributed by atoms with Crippen molar-refractivity contribution in [2.45, 2.75) is 20.3 Å². The van der Waals surface area contributed by atoms with Crippen molar-refractivity contribution in [3.63, 3.8) is 0 Å². The molecule has 1 heteroatoms. The Morgan fingerprint density at radius 1 is 1.67 bits per heavy atom. The average molecular weight is 125 g/mol. The van der Waals surface area contributed by atoms with Gasteiger partial charge in [-0.05, 0) is 20.1 Å². The Bertz CT molecular complexity index is 92.7. The molecule has 0 saturated heterocycles. The van der Waals surface area contributed by atoms with Crippen LogP contribution in [0.2, 0.25) is 0 Å². The third-order valence-corrected chi connectivity index (χ3v) is 0.559. The van der Waals surface area contributed by atoms with Gasteiger partial charge in [0.2, 0.25) is 0 Å². The smallest absolute Gasteiger partial charge is 0.0293 e. The minimum Gasteiger partial charge on any atom is -0.270 e. The molecule has 0 amide bonds. The molecule has 0 spiro atoms. The zero-order valence-electron chi connectivity index (χ0n) is 6.35. The van der Waals surface area contributed by atoms with E-state index in [1.165, 1.54) is 0 Å². The van der Waals surface area contributed by atoms with Crippen LogP contribution in [0, 0.1) is 0 Å². The van der Waals surface area contributed by atoms with Gasteiger partial charge in [-0.3, -0.25) is 4.99 Å². The van der Waals surface area contributed by atoms with Crippen LogP contribution in [-0.4, -0.2) is 6.72 Å². The number of aliphatic imine (C=N–C) groups is 1. The van der Waals surface area contributed by atoms with Gasteiger partial charge < -0.3 is 0 Å².